The van der Waals surface area contributed by atoms with Crippen molar-refractivity contribution in [2.75, 3.05) is 13.2 Å². The van der Waals surface area contributed by atoms with Crippen molar-refractivity contribution in [1.82, 2.24) is 0 Å². The molecule has 0 aliphatic rings. The van der Waals surface area contributed by atoms with E-state index in [4.69, 9.17) is 5.11 Å². The molecule has 0 bridgehead atoms. The molecule has 4 nitrogen and oxygen atoms in total. The summed E-state index contributed by atoms with van der Waals surface area (Å²) >= 11 is 3.02. The standard InChI is InChI=1S/C8H11BrO4/c1-7(9)6-13-8(11)12-5-3-2-4-10/h3,5,10H,1-2,4,6H2. The molecule has 0 rings (SSSR count). The van der Waals surface area contributed by atoms with Gasteiger partial charge in [0.2, 0.25) is 0 Å². The van der Waals surface area contributed by atoms with Crippen molar-refractivity contribution < 1.29 is 19.4 Å². The number of carbonyl (C=O) groups excluding carboxylic acids is 1. The van der Waals surface area contributed by atoms with Gasteiger partial charge in [-0.1, -0.05) is 22.5 Å². The van der Waals surface area contributed by atoms with Gasteiger partial charge < -0.3 is 14.6 Å². The predicted octanol–water partition coefficient (Wildman–Crippen LogP) is 1.94. The zero-order chi connectivity index (χ0) is 10.1. The lowest BCUT2D eigenvalue weighted by Gasteiger charge is -2.00. The van der Waals surface area contributed by atoms with Crippen LogP contribution < -0.4 is 0 Å². The highest BCUT2D eigenvalue weighted by Crippen LogP contribution is 2.01. The first kappa shape index (κ1) is 12.2. The summed E-state index contributed by atoms with van der Waals surface area (Å²) < 4.78 is 9.60. The van der Waals surface area contributed by atoms with Crippen LogP contribution in [0.5, 0.6) is 0 Å². The van der Waals surface area contributed by atoms with Crippen molar-refractivity contribution in [3.05, 3.63) is 23.4 Å². The summed E-state index contributed by atoms with van der Waals surface area (Å²) in [4.78, 5) is 10.7. The molecule has 0 atom stereocenters. The zero-order valence-electron chi connectivity index (χ0n) is 7.03. The van der Waals surface area contributed by atoms with E-state index >= 15 is 0 Å². The Kier molecular flexibility index (Phi) is 7.33. The minimum absolute atomic E-state index is 0.0209. The van der Waals surface area contributed by atoms with E-state index in [1.807, 2.05) is 0 Å². The molecule has 5 heteroatoms. The summed E-state index contributed by atoms with van der Waals surface area (Å²) in [6, 6.07) is 0. The van der Waals surface area contributed by atoms with E-state index in [0.29, 0.717) is 10.9 Å². The van der Waals surface area contributed by atoms with Gasteiger partial charge in [-0.25, -0.2) is 4.79 Å². The van der Waals surface area contributed by atoms with Crippen LogP contribution in [-0.2, 0) is 9.47 Å². The summed E-state index contributed by atoms with van der Waals surface area (Å²) in [7, 11) is 0. The molecule has 0 amide bonds. The van der Waals surface area contributed by atoms with Crippen molar-refractivity contribution in [3.8, 4) is 0 Å². The van der Waals surface area contributed by atoms with Crippen LogP contribution >= 0.6 is 15.9 Å². The van der Waals surface area contributed by atoms with Gasteiger partial charge in [-0.05, 0) is 12.5 Å². The first-order chi connectivity index (χ1) is 6.16. The number of aliphatic hydroxyl groups excluding tert-OH is 1. The summed E-state index contributed by atoms with van der Waals surface area (Å²) in [6.07, 6.45) is 2.34. The highest BCUT2D eigenvalue weighted by atomic mass is 79.9. The Hall–Kier alpha value is -0.810. The summed E-state index contributed by atoms with van der Waals surface area (Å²) in [5.74, 6) is 0. The fourth-order valence-electron chi connectivity index (χ4n) is 0.417. The van der Waals surface area contributed by atoms with Gasteiger partial charge in [0, 0.05) is 11.1 Å². The topological polar surface area (TPSA) is 55.8 Å². The van der Waals surface area contributed by atoms with E-state index in [1.54, 1.807) is 0 Å². The molecule has 0 aromatic carbocycles. The number of ether oxygens (including phenoxy) is 2. The fraction of sp³-hybridized carbons (Fsp3) is 0.375. The number of halogens is 1. The van der Waals surface area contributed by atoms with E-state index in [-0.39, 0.29) is 13.2 Å². The number of aliphatic hydroxyl groups is 1. The lowest BCUT2D eigenvalue weighted by molar-refractivity contribution is 0.0937. The monoisotopic (exact) mass is 250 g/mol. The van der Waals surface area contributed by atoms with Gasteiger partial charge in [-0.15, -0.1) is 0 Å². The van der Waals surface area contributed by atoms with Gasteiger partial charge in [-0.3, -0.25) is 0 Å². The Bertz CT molecular complexity index is 200. The molecular formula is C8H11BrO4. The second kappa shape index (κ2) is 7.82. The van der Waals surface area contributed by atoms with Gasteiger partial charge >= 0.3 is 6.16 Å². The van der Waals surface area contributed by atoms with Gasteiger partial charge in [-0.2, -0.15) is 0 Å². The zero-order valence-corrected chi connectivity index (χ0v) is 8.62. The highest BCUT2D eigenvalue weighted by molar-refractivity contribution is 9.11. The van der Waals surface area contributed by atoms with E-state index in [2.05, 4.69) is 32.0 Å². The van der Waals surface area contributed by atoms with Crippen LogP contribution in [0.4, 0.5) is 4.79 Å². The largest absolute Gasteiger partial charge is 0.513 e. The molecule has 0 aliphatic heterocycles. The Morgan fingerprint density at radius 3 is 2.85 bits per heavy atom. The van der Waals surface area contributed by atoms with Crippen LogP contribution in [0, 0.1) is 0 Å². The predicted molar refractivity (Wildman–Crippen MR) is 51.3 cm³/mol. The summed E-state index contributed by atoms with van der Waals surface area (Å²) in [5.41, 5.74) is 0. The van der Waals surface area contributed by atoms with Crippen LogP contribution in [0.15, 0.2) is 23.4 Å². The molecule has 0 unspecified atom stereocenters. The lowest BCUT2D eigenvalue weighted by Crippen LogP contribution is -2.04. The lowest BCUT2D eigenvalue weighted by atomic mass is 10.4. The number of hydrogen-bond acceptors (Lipinski definition) is 4. The van der Waals surface area contributed by atoms with Gasteiger partial charge in [0.25, 0.3) is 0 Å². The minimum atomic E-state index is -0.796. The highest BCUT2D eigenvalue weighted by Gasteiger charge is 2.00. The van der Waals surface area contributed by atoms with Crippen molar-refractivity contribution in [2.24, 2.45) is 0 Å². The molecule has 0 aromatic rings. The SMILES string of the molecule is C=C(Br)COC(=O)OC=CCCO. The Morgan fingerprint density at radius 2 is 2.31 bits per heavy atom. The Labute approximate surface area is 85.0 Å². The van der Waals surface area contributed by atoms with Crippen molar-refractivity contribution in [3.63, 3.8) is 0 Å². The third-order valence-electron chi connectivity index (χ3n) is 0.903. The van der Waals surface area contributed by atoms with Crippen LogP contribution in [0.1, 0.15) is 6.42 Å². The smallest absolute Gasteiger partial charge is 0.429 e. The van der Waals surface area contributed by atoms with Crippen LogP contribution in [-0.4, -0.2) is 24.5 Å². The maximum atomic E-state index is 10.7. The molecule has 1 N–H and O–H groups in total. The van der Waals surface area contributed by atoms with Crippen molar-refractivity contribution in [2.45, 2.75) is 6.42 Å². The molecule has 0 spiro atoms. The summed E-state index contributed by atoms with van der Waals surface area (Å²) in [5, 5.41) is 8.37. The average Bonchev–Trinajstić information content (AvgIpc) is 2.09. The minimum Gasteiger partial charge on any atom is -0.429 e. The number of rotatable bonds is 5. The maximum Gasteiger partial charge on any atom is 0.513 e. The first-order valence-corrected chi connectivity index (χ1v) is 4.38. The van der Waals surface area contributed by atoms with Gasteiger partial charge in [0.1, 0.15) is 6.61 Å². The molecule has 0 saturated heterocycles. The molecular weight excluding hydrogens is 240 g/mol. The normalized spacial score (nSPS) is 10.0. The quantitative estimate of drug-likeness (QED) is 0.599. The van der Waals surface area contributed by atoms with Gasteiger partial charge in [0.05, 0.1) is 6.26 Å². The third-order valence-corrected chi connectivity index (χ3v) is 1.13. The molecule has 0 aromatic heterocycles. The van der Waals surface area contributed by atoms with Crippen LogP contribution in [0.25, 0.3) is 0 Å². The first-order valence-electron chi connectivity index (χ1n) is 3.59. The molecule has 0 heterocycles. The van der Waals surface area contributed by atoms with E-state index in [9.17, 15) is 4.79 Å². The molecule has 13 heavy (non-hydrogen) atoms. The van der Waals surface area contributed by atoms with E-state index < -0.39 is 6.16 Å². The number of hydrogen-bond donors (Lipinski definition) is 1. The second-order valence-corrected chi connectivity index (χ2v) is 3.18. The molecule has 0 fully saturated rings. The Balaban J connectivity index is 3.45. The van der Waals surface area contributed by atoms with Crippen molar-refractivity contribution in [1.29, 1.82) is 0 Å². The Morgan fingerprint density at radius 1 is 1.62 bits per heavy atom. The molecule has 0 aliphatic carbocycles. The van der Waals surface area contributed by atoms with Crippen LogP contribution in [0.2, 0.25) is 0 Å². The van der Waals surface area contributed by atoms with E-state index in [1.165, 1.54) is 12.3 Å². The second-order valence-electron chi connectivity index (χ2n) is 2.06. The van der Waals surface area contributed by atoms with Gasteiger partial charge in [0.15, 0.2) is 0 Å². The third kappa shape index (κ3) is 9.10. The maximum absolute atomic E-state index is 10.7. The van der Waals surface area contributed by atoms with Crippen molar-refractivity contribution >= 4 is 22.1 Å². The van der Waals surface area contributed by atoms with Crippen LogP contribution in [0.3, 0.4) is 0 Å². The number of carbonyl (C=O) groups is 1. The molecule has 0 saturated carbocycles. The summed E-state index contributed by atoms with van der Waals surface area (Å²) in [6.45, 7) is 3.57. The fourth-order valence-corrected chi connectivity index (χ4v) is 0.532. The molecule has 74 valence electrons. The molecule has 0 radical (unpaired) electrons. The average molecular weight is 251 g/mol. The van der Waals surface area contributed by atoms with E-state index in [0.717, 1.165) is 0 Å².